The molecule has 4 rings (SSSR count). The number of aliphatic hydroxyl groups excluding tert-OH is 1. The minimum Gasteiger partial charge on any atom is -0.458 e. The van der Waals surface area contributed by atoms with Gasteiger partial charge in [-0.1, -0.05) is 30.2 Å². The van der Waals surface area contributed by atoms with Crippen LogP contribution in [0.5, 0.6) is 0 Å². The highest BCUT2D eigenvalue weighted by molar-refractivity contribution is 6.01. The molecule has 0 spiro atoms. The number of esters is 1. The van der Waals surface area contributed by atoms with E-state index in [9.17, 15) is 24.6 Å². The third-order valence-corrected chi connectivity index (χ3v) is 8.00. The first-order chi connectivity index (χ1) is 13.5. The first-order valence-corrected chi connectivity index (χ1v) is 10.3. The highest BCUT2D eigenvalue weighted by atomic mass is 16.5. The fraction of sp³-hybridized carbons (Fsp3) is 0.609. The van der Waals surface area contributed by atoms with Gasteiger partial charge in [0.25, 0.3) is 0 Å². The van der Waals surface area contributed by atoms with Gasteiger partial charge in [-0.05, 0) is 56.6 Å². The number of aliphatic hydroxyl groups is 2. The lowest BCUT2D eigenvalue weighted by atomic mass is 9.51. The summed E-state index contributed by atoms with van der Waals surface area (Å²) >= 11 is 0. The molecule has 0 bridgehead atoms. The zero-order valence-electron chi connectivity index (χ0n) is 17.1. The highest BCUT2D eigenvalue weighted by Crippen LogP contribution is 2.65. The number of allylic oxidation sites excluding steroid dienone is 6. The van der Waals surface area contributed by atoms with E-state index in [1.807, 2.05) is 13.0 Å². The van der Waals surface area contributed by atoms with Crippen molar-refractivity contribution in [3.63, 3.8) is 0 Å². The Bertz CT molecular complexity index is 882. The van der Waals surface area contributed by atoms with E-state index >= 15 is 0 Å². The van der Waals surface area contributed by atoms with E-state index in [1.54, 1.807) is 12.2 Å². The topological polar surface area (TPSA) is 101 Å². The lowest BCUT2D eigenvalue weighted by molar-refractivity contribution is -0.174. The normalized spacial score (nSPS) is 42.9. The molecule has 2 fully saturated rings. The first-order valence-electron chi connectivity index (χ1n) is 10.3. The van der Waals surface area contributed by atoms with Gasteiger partial charge in [-0.2, -0.15) is 0 Å². The van der Waals surface area contributed by atoms with Crippen molar-refractivity contribution in [2.24, 2.45) is 22.7 Å². The average Bonchev–Trinajstić information content (AvgIpc) is 2.88. The summed E-state index contributed by atoms with van der Waals surface area (Å²) in [5.74, 6) is -1.20. The molecule has 2 saturated carbocycles. The summed E-state index contributed by atoms with van der Waals surface area (Å²) in [6, 6.07) is 0. The molecule has 2 N–H and O–H groups in total. The minimum atomic E-state index is -1.95. The number of Topliss-reactive ketones (excluding diaryl/α,β-unsaturated/α-hetero) is 1. The molecule has 156 valence electrons. The van der Waals surface area contributed by atoms with Crippen LogP contribution in [0, 0.1) is 22.7 Å². The van der Waals surface area contributed by atoms with Crippen molar-refractivity contribution < 1.29 is 29.3 Å². The molecule has 0 aromatic carbocycles. The Labute approximate surface area is 170 Å². The average molecular weight is 400 g/mol. The van der Waals surface area contributed by atoms with E-state index in [0.29, 0.717) is 12.8 Å². The molecule has 29 heavy (non-hydrogen) atoms. The summed E-state index contributed by atoms with van der Waals surface area (Å²) < 4.78 is 4.83. The van der Waals surface area contributed by atoms with Gasteiger partial charge in [0.05, 0.1) is 6.10 Å². The lowest BCUT2D eigenvalue weighted by Crippen LogP contribution is -2.59. The molecule has 0 aromatic heterocycles. The molecule has 0 heterocycles. The van der Waals surface area contributed by atoms with Gasteiger partial charge in [0.1, 0.15) is 0 Å². The molecule has 4 aliphatic rings. The monoisotopic (exact) mass is 400 g/mol. The third kappa shape index (κ3) is 2.65. The van der Waals surface area contributed by atoms with Gasteiger partial charge in [0.2, 0.25) is 5.78 Å². The van der Waals surface area contributed by atoms with Crippen LogP contribution in [0.15, 0.2) is 35.5 Å². The molecule has 0 aromatic rings. The van der Waals surface area contributed by atoms with Crippen molar-refractivity contribution >= 4 is 17.5 Å². The molecule has 0 aliphatic heterocycles. The van der Waals surface area contributed by atoms with Crippen molar-refractivity contribution in [3.05, 3.63) is 35.5 Å². The Morgan fingerprint density at radius 1 is 1.31 bits per heavy atom. The molecule has 4 aliphatic carbocycles. The second kappa shape index (κ2) is 6.47. The van der Waals surface area contributed by atoms with Gasteiger partial charge in [-0.15, -0.1) is 0 Å². The Hall–Kier alpha value is -2.05. The van der Waals surface area contributed by atoms with Crippen LogP contribution in [-0.2, 0) is 19.1 Å². The Morgan fingerprint density at radius 3 is 2.72 bits per heavy atom. The number of ether oxygens (including phenoxy) is 1. The molecule has 6 atom stereocenters. The van der Waals surface area contributed by atoms with E-state index in [-0.39, 0.29) is 23.0 Å². The van der Waals surface area contributed by atoms with Crippen LogP contribution in [0.2, 0.25) is 0 Å². The second-order valence-corrected chi connectivity index (χ2v) is 9.36. The molecule has 6 heteroatoms. The van der Waals surface area contributed by atoms with Crippen LogP contribution in [0.3, 0.4) is 0 Å². The zero-order valence-corrected chi connectivity index (χ0v) is 17.1. The molecule has 0 unspecified atom stereocenters. The Morgan fingerprint density at radius 2 is 2.03 bits per heavy atom. The number of fused-ring (bicyclic) bond motifs is 5. The summed E-state index contributed by atoms with van der Waals surface area (Å²) in [6.45, 7) is 4.65. The van der Waals surface area contributed by atoms with E-state index in [2.05, 4.69) is 13.0 Å². The van der Waals surface area contributed by atoms with Gasteiger partial charge < -0.3 is 14.9 Å². The molecule has 0 saturated heterocycles. The fourth-order valence-corrected chi connectivity index (χ4v) is 6.33. The third-order valence-electron chi connectivity index (χ3n) is 8.00. The summed E-state index contributed by atoms with van der Waals surface area (Å²) in [5, 5.41) is 22.2. The SMILES string of the molecule is CC(=O)OCC(=O)[C@@]1(O)[C@H](O)C[C@@H]2[C@@H]3CCC4=CC(=O)C=C[C@@]4(C)C3=CC[C@@]21C. The van der Waals surface area contributed by atoms with Gasteiger partial charge in [0.15, 0.2) is 18.0 Å². The van der Waals surface area contributed by atoms with E-state index in [1.165, 1.54) is 12.5 Å². The number of ketones is 2. The summed E-state index contributed by atoms with van der Waals surface area (Å²) in [6.07, 6.45) is 8.54. The maximum atomic E-state index is 12.9. The highest BCUT2D eigenvalue weighted by Gasteiger charge is 2.68. The number of hydrogen-bond acceptors (Lipinski definition) is 6. The van der Waals surface area contributed by atoms with Crippen molar-refractivity contribution in [3.8, 4) is 0 Å². The van der Waals surface area contributed by atoms with Gasteiger partial charge in [0, 0.05) is 17.8 Å². The minimum absolute atomic E-state index is 0.0129. The summed E-state index contributed by atoms with van der Waals surface area (Å²) in [7, 11) is 0. The predicted molar refractivity (Wildman–Crippen MR) is 105 cm³/mol. The van der Waals surface area contributed by atoms with E-state index in [0.717, 1.165) is 18.4 Å². The van der Waals surface area contributed by atoms with Crippen molar-refractivity contribution in [1.82, 2.24) is 0 Å². The summed E-state index contributed by atoms with van der Waals surface area (Å²) in [4.78, 5) is 35.8. The Balaban J connectivity index is 1.71. The van der Waals surface area contributed by atoms with E-state index < -0.39 is 35.5 Å². The molecular formula is C23H28O6. The van der Waals surface area contributed by atoms with Crippen LogP contribution in [0.1, 0.15) is 46.5 Å². The number of carbonyl (C=O) groups is 3. The van der Waals surface area contributed by atoms with Crippen molar-refractivity contribution in [1.29, 1.82) is 0 Å². The Kier molecular flexibility index (Phi) is 4.52. The molecule has 6 nitrogen and oxygen atoms in total. The fourth-order valence-electron chi connectivity index (χ4n) is 6.33. The van der Waals surface area contributed by atoms with Gasteiger partial charge >= 0.3 is 5.97 Å². The molecule has 0 amide bonds. The van der Waals surface area contributed by atoms with Crippen LogP contribution in [0.25, 0.3) is 0 Å². The van der Waals surface area contributed by atoms with Crippen molar-refractivity contribution in [2.75, 3.05) is 6.61 Å². The second-order valence-electron chi connectivity index (χ2n) is 9.36. The van der Waals surface area contributed by atoms with E-state index in [4.69, 9.17) is 4.74 Å². The first kappa shape index (κ1) is 20.2. The smallest absolute Gasteiger partial charge is 0.303 e. The molecule has 0 radical (unpaired) electrons. The maximum Gasteiger partial charge on any atom is 0.303 e. The van der Waals surface area contributed by atoms with Crippen LogP contribution >= 0.6 is 0 Å². The number of rotatable bonds is 3. The van der Waals surface area contributed by atoms with Gasteiger partial charge in [-0.25, -0.2) is 0 Å². The van der Waals surface area contributed by atoms with Crippen LogP contribution < -0.4 is 0 Å². The van der Waals surface area contributed by atoms with Crippen LogP contribution in [-0.4, -0.2) is 46.1 Å². The number of hydrogen-bond donors (Lipinski definition) is 2. The quantitative estimate of drug-likeness (QED) is 0.555. The zero-order chi connectivity index (χ0) is 21.2. The molecular weight excluding hydrogens is 372 g/mol. The van der Waals surface area contributed by atoms with Gasteiger partial charge in [-0.3, -0.25) is 14.4 Å². The largest absolute Gasteiger partial charge is 0.458 e. The number of carbonyl (C=O) groups excluding carboxylic acids is 3. The predicted octanol–water partition coefficient (Wildman–Crippen LogP) is 2.05. The summed E-state index contributed by atoms with van der Waals surface area (Å²) in [5.41, 5.74) is -0.805. The maximum absolute atomic E-state index is 12.9. The van der Waals surface area contributed by atoms with Crippen LogP contribution in [0.4, 0.5) is 0 Å². The van der Waals surface area contributed by atoms with Crippen molar-refractivity contribution in [2.45, 2.75) is 58.2 Å². The lowest BCUT2D eigenvalue weighted by Gasteiger charge is -2.53. The standard InChI is InChI=1S/C23H28O6/c1-13(24)29-12-20(27)23(28)19(26)11-18-16-5-4-14-10-15(25)6-8-21(14,2)17(16)7-9-22(18,23)3/h6-8,10,16,18-19,26,28H,4-5,9,11-12H2,1-3H3/t16-,18-,19-,21-,22+,23+/m1/s1.